The summed E-state index contributed by atoms with van der Waals surface area (Å²) in [6, 6.07) is 25.9. The first-order valence-electron chi connectivity index (χ1n) is 12.9. The fraction of sp³-hybridized carbons (Fsp3) is 0.355. The van der Waals surface area contributed by atoms with Crippen molar-refractivity contribution in [3.05, 3.63) is 101 Å². The monoisotopic (exact) mass is 484 g/mol. The van der Waals surface area contributed by atoms with Gasteiger partial charge in [0, 0.05) is 19.5 Å². The van der Waals surface area contributed by atoms with Crippen molar-refractivity contribution in [2.45, 2.75) is 58.7 Å². The van der Waals surface area contributed by atoms with E-state index in [-0.39, 0.29) is 17.9 Å². The van der Waals surface area contributed by atoms with Crippen LogP contribution in [-0.2, 0) is 22.6 Å². The van der Waals surface area contributed by atoms with Crippen LogP contribution in [0.5, 0.6) is 5.75 Å². The molecule has 1 N–H and O–H groups in total. The van der Waals surface area contributed by atoms with Gasteiger partial charge in [0.25, 0.3) is 5.91 Å². The number of benzene rings is 3. The van der Waals surface area contributed by atoms with Crippen LogP contribution in [0.4, 0.5) is 0 Å². The molecule has 0 spiro atoms. The summed E-state index contributed by atoms with van der Waals surface area (Å²) in [7, 11) is 0. The van der Waals surface area contributed by atoms with Gasteiger partial charge in [0.2, 0.25) is 5.91 Å². The summed E-state index contributed by atoms with van der Waals surface area (Å²) in [4.78, 5) is 28.1. The van der Waals surface area contributed by atoms with Crippen molar-refractivity contribution in [2.24, 2.45) is 5.92 Å². The Morgan fingerprint density at radius 2 is 1.69 bits per heavy atom. The number of rotatable bonds is 9. The van der Waals surface area contributed by atoms with E-state index in [4.69, 9.17) is 4.74 Å². The molecule has 5 nitrogen and oxygen atoms in total. The van der Waals surface area contributed by atoms with Gasteiger partial charge in [-0.05, 0) is 53.1 Å². The van der Waals surface area contributed by atoms with Gasteiger partial charge >= 0.3 is 0 Å². The number of nitrogens with zero attached hydrogens (tertiary/aromatic N) is 1. The van der Waals surface area contributed by atoms with Crippen LogP contribution < -0.4 is 10.1 Å². The maximum Gasteiger partial charge on any atom is 0.261 e. The van der Waals surface area contributed by atoms with Crippen molar-refractivity contribution in [1.29, 1.82) is 0 Å². The molecule has 5 heteroatoms. The lowest BCUT2D eigenvalue weighted by atomic mass is 9.87. The van der Waals surface area contributed by atoms with Crippen LogP contribution in [0.2, 0.25) is 0 Å². The molecule has 1 aliphatic heterocycles. The molecule has 3 aromatic rings. The van der Waals surface area contributed by atoms with E-state index < -0.39 is 6.10 Å². The van der Waals surface area contributed by atoms with Crippen LogP contribution in [0.3, 0.4) is 0 Å². The summed E-state index contributed by atoms with van der Waals surface area (Å²) in [6.07, 6.45) is 1.29. The standard InChI is InChI=1S/C31H36N2O3/c1-4-28(31(35)32-21-23-11-7-5-8-12-23)36-26-16-15-24-17-18-33(29(34)19-22(2)3)30(27(24)20-26)25-13-9-6-10-14-25/h5-16,20,22,28,30H,4,17-19,21H2,1-3H3,(H,32,35)/t28-,30-/m0/s1. The molecule has 0 aromatic heterocycles. The Bertz CT molecular complexity index is 1160. The largest absolute Gasteiger partial charge is 0.481 e. The normalized spacial score (nSPS) is 15.8. The average molecular weight is 485 g/mol. The zero-order valence-corrected chi connectivity index (χ0v) is 21.4. The van der Waals surface area contributed by atoms with E-state index in [0.29, 0.717) is 37.6 Å². The Hall–Kier alpha value is -3.60. The molecule has 2 amide bonds. The van der Waals surface area contributed by atoms with E-state index in [1.54, 1.807) is 0 Å². The van der Waals surface area contributed by atoms with Crippen LogP contribution in [-0.4, -0.2) is 29.4 Å². The molecule has 0 fully saturated rings. The van der Waals surface area contributed by atoms with E-state index in [9.17, 15) is 9.59 Å². The third-order valence-electron chi connectivity index (χ3n) is 6.62. The Balaban J connectivity index is 1.57. The minimum Gasteiger partial charge on any atom is -0.481 e. The Morgan fingerprint density at radius 3 is 2.36 bits per heavy atom. The van der Waals surface area contributed by atoms with Crippen LogP contribution >= 0.6 is 0 Å². The molecule has 4 rings (SSSR count). The fourth-order valence-electron chi connectivity index (χ4n) is 4.78. The second-order valence-electron chi connectivity index (χ2n) is 9.83. The molecule has 0 saturated carbocycles. The van der Waals surface area contributed by atoms with E-state index in [1.165, 1.54) is 5.56 Å². The molecule has 0 saturated heterocycles. The summed E-state index contributed by atoms with van der Waals surface area (Å²) in [5.41, 5.74) is 4.42. The molecule has 0 radical (unpaired) electrons. The lowest BCUT2D eigenvalue weighted by molar-refractivity contribution is -0.134. The zero-order valence-electron chi connectivity index (χ0n) is 21.4. The van der Waals surface area contributed by atoms with E-state index >= 15 is 0 Å². The van der Waals surface area contributed by atoms with Crippen LogP contribution in [0, 0.1) is 5.92 Å². The fourth-order valence-corrected chi connectivity index (χ4v) is 4.78. The molecule has 0 bridgehead atoms. The molecule has 2 atom stereocenters. The maximum absolute atomic E-state index is 13.2. The predicted molar refractivity (Wildman–Crippen MR) is 143 cm³/mol. The van der Waals surface area contributed by atoms with Gasteiger partial charge in [-0.15, -0.1) is 0 Å². The van der Waals surface area contributed by atoms with E-state index in [2.05, 4.69) is 37.4 Å². The first-order chi connectivity index (χ1) is 17.5. The van der Waals surface area contributed by atoms with Gasteiger partial charge in [0.15, 0.2) is 6.10 Å². The molecular formula is C31H36N2O3. The third kappa shape index (κ3) is 6.14. The Labute approximate surface area is 214 Å². The quantitative estimate of drug-likeness (QED) is 0.425. The summed E-state index contributed by atoms with van der Waals surface area (Å²) in [5.74, 6) is 0.981. The minimum absolute atomic E-state index is 0.132. The van der Waals surface area contributed by atoms with Gasteiger partial charge in [-0.25, -0.2) is 0 Å². The predicted octanol–water partition coefficient (Wildman–Crippen LogP) is 5.68. The number of fused-ring (bicyclic) bond motifs is 1. The summed E-state index contributed by atoms with van der Waals surface area (Å²) in [5, 5.41) is 2.99. The lowest BCUT2D eigenvalue weighted by Crippen LogP contribution is -2.41. The number of hydrogen-bond donors (Lipinski definition) is 1. The molecule has 1 heterocycles. The highest BCUT2D eigenvalue weighted by atomic mass is 16.5. The average Bonchev–Trinajstić information content (AvgIpc) is 2.90. The Morgan fingerprint density at radius 1 is 1.00 bits per heavy atom. The van der Waals surface area contributed by atoms with Gasteiger partial charge in [-0.2, -0.15) is 0 Å². The molecule has 0 unspecified atom stereocenters. The van der Waals surface area contributed by atoms with Gasteiger partial charge in [0.1, 0.15) is 5.75 Å². The van der Waals surface area contributed by atoms with E-state index in [1.807, 2.05) is 72.5 Å². The molecule has 188 valence electrons. The molecule has 1 aliphatic rings. The molecular weight excluding hydrogens is 448 g/mol. The number of hydrogen-bond acceptors (Lipinski definition) is 3. The first kappa shape index (κ1) is 25.5. The van der Waals surface area contributed by atoms with Gasteiger partial charge in [0.05, 0.1) is 6.04 Å². The Kier molecular flexibility index (Phi) is 8.42. The molecule has 0 aliphatic carbocycles. The highest BCUT2D eigenvalue weighted by molar-refractivity contribution is 5.81. The minimum atomic E-state index is -0.593. The smallest absolute Gasteiger partial charge is 0.261 e. The van der Waals surface area contributed by atoms with Gasteiger partial charge in [-0.3, -0.25) is 9.59 Å². The second kappa shape index (κ2) is 11.9. The van der Waals surface area contributed by atoms with Crippen molar-refractivity contribution in [3.63, 3.8) is 0 Å². The molecule has 3 aromatic carbocycles. The SMILES string of the molecule is CC[C@H](Oc1ccc2c(c1)[C@H](c1ccccc1)N(C(=O)CC(C)C)CC2)C(=O)NCc1ccccc1. The lowest BCUT2D eigenvalue weighted by Gasteiger charge is -2.38. The zero-order chi connectivity index (χ0) is 25.5. The third-order valence-corrected chi connectivity index (χ3v) is 6.62. The number of nitrogens with one attached hydrogen (secondary N) is 1. The first-order valence-corrected chi connectivity index (χ1v) is 12.9. The van der Waals surface area contributed by atoms with Crippen LogP contribution in [0.15, 0.2) is 78.9 Å². The topological polar surface area (TPSA) is 58.6 Å². The maximum atomic E-state index is 13.2. The number of carbonyl (C=O) groups excluding carboxylic acids is 2. The summed E-state index contributed by atoms with van der Waals surface area (Å²) >= 11 is 0. The van der Waals surface area contributed by atoms with E-state index in [0.717, 1.165) is 23.1 Å². The second-order valence-corrected chi connectivity index (χ2v) is 9.83. The van der Waals surface area contributed by atoms with Gasteiger partial charge in [-0.1, -0.05) is 87.5 Å². The highest BCUT2D eigenvalue weighted by Crippen LogP contribution is 2.38. The number of carbonyl (C=O) groups is 2. The van der Waals surface area contributed by atoms with Crippen molar-refractivity contribution < 1.29 is 14.3 Å². The van der Waals surface area contributed by atoms with Crippen LogP contribution in [0.25, 0.3) is 0 Å². The van der Waals surface area contributed by atoms with Crippen molar-refractivity contribution in [3.8, 4) is 5.75 Å². The van der Waals surface area contributed by atoms with Gasteiger partial charge < -0.3 is 15.0 Å². The van der Waals surface area contributed by atoms with Crippen molar-refractivity contribution in [1.82, 2.24) is 10.2 Å². The summed E-state index contributed by atoms with van der Waals surface area (Å²) < 4.78 is 6.21. The van der Waals surface area contributed by atoms with Crippen molar-refractivity contribution in [2.75, 3.05) is 6.54 Å². The number of ether oxygens (including phenoxy) is 1. The molecule has 36 heavy (non-hydrogen) atoms. The highest BCUT2D eigenvalue weighted by Gasteiger charge is 2.32. The van der Waals surface area contributed by atoms with Crippen LogP contribution in [0.1, 0.15) is 61.9 Å². The van der Waals surface area contributed by atoms with Crippen molar-refractivity contribution >= 4 is 11.8 Å². The summed E-state index contributed by atoms with van der Waals surface area (Å²) in [6.45, 7) is 7.26. The number of amides is 2.